The summed E-state index contributed by atoms with van der Waals surface area (Å²) in [5.74, 6) is 7.00. The summed E-state index contributed by atoms with van der Waals surface area (Å²) in [7, 11) is 0. The average Bonchev–Trinajstić information content (AvgIpc) is 2.66. The first-order chi connectivity index (χ1) is 13.1. The molecule has 2 heterocycles. The predicted octanol–water partition coefficient (Wildman–Crippen LogP) is 4.04. The van der Waals surface area contributed by atoms with Crippen LogP contribution in [0.1, 0.15) is 22.7 Å². The van der Waals surface area contributed by atoms with Gasteiger partial charge in [-0.1, -0.05) is 42.5 Å². The number of benzene rings is 2. The number of hydrazine groups is 1. The second kappa shape index (κ2) is 7.07. The summed E-state index contributed by atoms with van der Waals surface area (Å²) in [6.45, 7) is 2.06. The molecular formula is C19H18N6S2. The number of nitrogens with two attached hydrogens (primary N) is 1. The molecule has 3 aromatic rings. The van der Waals surface area contributed by atoms with E-state index in [0.717, 1.165) is 22.4 Å². The molecule has 1 aliphatic heterocycles. The molecule has 1 aromatic heterocycles. The number of aromatic nitrogens is 2. The van der Waals surface area contributed by atoms with Crippen molar-refractivity contribution in [1.82, 2.24) is 9.97 Å². The van der Waals surface area contributed by atoms with E-state index in [1.165, 1.54) is 0 Å². The summed E-state index contributed by atoms with van der Waals surface area (Å²) in [5.41, 5.74) is 6.77. The fourth-order valence-corrected chi connectivity index (χ4v) is 3.86. The summed E-state index contributed by atoms with van der Waals surface area (Å²) < 4.78 is 0.327. The molecule has 0 saturated carbocycles. The van der Waals surface area contributed by atoms with Crippen LogP contribution in [0.25, 0.3) is 0 Å². The minimum absolute atomic E-state index is 0.220. The minimum atomic E-state index is -0.220. The summed E-state index contributed by atoms with van der Waals surface area (Å²) in [6, 6.07) is 18.1. The van der Waals surface area contributed by atoms with Crippen LogP contribution in [0.15, 0.2) is 54.6 Å². The largest absolute Gasteiger partial charge is 0.316 e. The average molecular weight is 395 g/mol. The third-order valence-electron chi connectivity index (χ3n) is 4.48. The highest BCUT2D eigenvalue weighted by Crippen LogP contribution is 2.42. The molecule has 0 spiro atoms. The van der Waals surface area contributed by atoms with Crippen molar-refractivity contribution in [3.63, 3.8) is 0 Å². The summed E-state index contributed by atoms with van der Waals surface area (Å²) in [5, 5.41) is 3.76. The van der Waals surface area contributed by atoms with Gasteiger partial charge in [0.25, 0.3) is 0 Å². The molecule has 27 heavy (non-hydrogen) atoms. The molecule has 0 bridgehead atoms. The molecule has 4 rings (SSSR count). The summed E-state index contributed by atoms with van der Waals surface area (Å²) in [6.07, 6.45) is 0. The van der Waals surface area contributed by atoms with Gasteiger partial charge in [-0.3, -0.25) is 0 Å². The van der Waals surface area contributed by atoms with Crippen molar-refractivity contribution in [2.24, 2.45) is 5.84 Å². The van der Waals surface area contributed by atoms with E-state index in [0.29, 0.717) is 21.5 Å². The molecule has 2 aromatic carbocycles. The zero-order chi connectivity index (χ0) is 19.0. The Labute approximate surface area is 167 Å². The van der Waals surface area contributed by atoms with Crippen LogP contribution in [0.5, 0.6) is 0 Å². The van der Waals surface area contributed by atoms with Gasteiger partial charge in [0.2, 0.25) is 0 Å². The number of aromatic amines is 1. The number of hydrogen-bond acceptors (Lipinski definition) is 5. The summed E-state index contributed by atoms with van der Waals surface area (Å²) >= 11 is 10.9. The van der Waals surface area contributed by atoms with Gasteiger partial charge >= 0.3 is 0 Å². The third-order valence-corrected chi connectivity index (χ3v) is 4.98. The Hall–Kier alpha value is -2.81. The van der Waals surface area contributed by atoms with E-state index in [9.17, 15) is 0 Å². The zero-order valence-corrected chi connectivity index (χ0v) is 16.2. The van der Waals surface area contributed by atoms with E-state index in [4.69, 9.17) is 30.3 Å². The van der Waals surface area contributed by atoms with Crippen LogP contribution in [0.3, 0.4) is 0 Å². The third kappa shape index (κ3) is 3.18. The molecule has 5 N–H and O–H groups in total. The lowest BCUT2D eigenvalue weighted by molar-refractivity contribution is 0.815. The van der Waals surface area contributed by atoms with Gasteiger partial charge in [-0.05, 0) is 54.6 Å². The molecular weight excluding hydrogens is 376 g/mol. The molecule has 1 unspecified atom stereocenters. The van der Waals surface area contributed by atoms with Crippen LogP contribution in [0, 0.1) is 11.7 Å². The molecule has 0 amide bonds. The second-order valence-electron chi connectivity index (χ2n) is 6.28. The van der Waals surface area contributed by atoms with Gasteiger partial charge in [0, 0.05) is 5.69 Å². The Kier molecular flexibility index (Phi) is 4.61. The maximum absolute atomic E-state index is 5.79. The van der Waals surface area contributed by atoms with Gasteiger partial charge in [-0.25, -0.2) is 10.8 Å². The molecule has 0 saturated heterocycles. The van der Waals surface area contributed by atoms with Crippen LogP contribution in [0.2, 0.25) is 0 Å². The van der Waals surface area contributed by atoms with E-state index in [-0.39, 0.29) is 6.04 Å². The van der Waals surface area contributed by atoms with Crippen molar-refractivity contribution < 1.29 is 0 Å². The van der Waals surface area contributed by atoms with Crippen LogP contribution in [-0.4, -0.2) is 15.1 Å². The maximum Gasteiger partial charge on any atom is 0.200 e. The lowest BCUT2D eigenvalue weighted by Crippen LogP contribution is -2.44. The van der Waals surface area contributed by atoms with Gasteiger partial charge in [0.15, 0.2) is 9.88 Å². The number of H-pyrrole nitrogens is 1. The van der Waals surface area contributed by atoms with Gasteiger partial charge in [0.1, 0.15) is 11.6 Å². The molecule has 0 aliphatic carbocycles. The monoisotopic (exact) mass is 394 g/mol. The molecule has 0 fully saturated rings. The molecule has 0 radical (unpaired) electrons. The molecule has 1 aliphatic rings. The van der Waals surface area contributed by atoms with Crippen LogP contribution in [0.4, 0.5) is 17.3 Å². The van der Waals surface area contributed by atoms with Crippen molar-refractivity contribution in [1.29, 1.82) is 0 Å². The number of rotatable bonds is 3. The molecule has 6 nitrogen and oxygen atoms in total. The van der Waals surface area contributed by atoms with Crippen LogP contribution >= 0.6 is 24.4 Å². The Morgan fingerprint density at radius 2 is 1.89 bits per heavy atom. The van der Waals surface area contributed by atoms with E-state index in [1.807, 2.05) is 30.3 Å². The minimum Gasteiger partial charge on any atom is -0.316 e. The van der Waals surface area contributed by atoms with Crippen molar-refractivity contribution in [2.75, 3.05) is 15.6 Å². The topological polar surface area (TPSA) is 82.0 Å². The second-order valence-corrected chi connectivity index (χ2v) is 7.05. The van der Waals surface area contributed by atoms with Crippen molar-refractivity contribution in [3.05, 3.63) is 76.1 Å². The van der Waals surface area contributed by atoms with Crippen LogP contribution in [-0.2, 0) is 0 Å². The smallest absolute Gasteiger partial charge is 0.200 e. The number of thiocarbonyl (C=S) groups is 1. The van der Waals surface area contributed by atoms with Crippen molar-refractivity contribution >= 4 is 46.9 Å². The van der Waals surface area contributed by atoms with E-state index >= 15 is 0 Å². The first kappa shape index (κ1) is 17.6. The van der Waals surface area contributed by atoms with Crippen molar-refractivity contribution in [3.8, 4) is 0 Å². The first-order valence-electron chi connectivity index (χ1n) is 8.41. The van der Waals surface area contributed by atoms with Gasteiger partial charge in [-0.15, -0.1) is 0 Å². The molecule has 8 heteroatoms. The fraction of sp³-hybridized carbons (Fsp3) is 0.105. The lowest BCUT2D eigenvalue weighted by Gasteiger charge is -2.40. The van der Waals surface area contributed by atoms with E-state index in [2.05, 4.69) is 56.8 Å². The quantitative estimate of drug-likeness (QED) is 0.303. The zero-order valence-electron chi connectivity index (χ0n) is 14.6. The van der Waals surface area contributed by atoms with Gasteiger partial charge in [0.05, 0.1) is 11.6 Å². The normalized spacial score (nSPS) is 15.9. The Bertz CT molecular complexity index is 1060. The highest BCUT2D eigenvalue weighted by molar-refractivity contribution is 7.80. The number of nitrogen functional groups attached to an aromatic ring is 1. The number of fused-ring (bicyclic) bond motifs is 1. The Balaban J connectivity index is 2.00. The number of hydrogen-bond donors (Lipinski definition) is 4. The Morgan fingerprint density at radius 3 is 2.59 bits per heavy atom. The van der Waals surface area contributed by atoms with E-state index < -0.39 is 0 Å². The number of anilines is 3. The highest BCUT2D eigenvalue weighted by atomic mass is 32.1. The van der Waals surface area contributed by atoms with Crippen LogP contribution < -0.4 is 21.5 Å². The first-order valence-corrected chi connectivity index (χ1v) is 9.23. The van der Waals surface area contributed by atoms with Crippen molar-refractivity contribution in [2.45, 2.75) is 13.0 Å². The van der Waals surface area contributed by atoms with Gasteiger partial charge < -0.3 is 20.6 Å². The number of nitrogens with one attached hydrogen (secondary N) is 3. The summed E-state index contributed by atoms with van der Waals surface area (Å²) in [4.78, 5) is 9.54. The van der Waals surface area contributed by atoms with E-state index in [1.54, 1.807) is 0 Å². The predicted molar refractivity (Wildman–Crippen MR) is 115 cm³/mol. The SMILES string of the molecule is Cc1cccc(N2C(=S)Nc3nc(=S)[nH]c(NN)c3C2c2ccccc2)c1. The molecule has 136 valence electrons. The highest BCUT2D eigenvalue weighted by Gasteiger charge is 2.36. The molecule has 1 atom stereocenters. The number of nitrogens with zero attached hydrogens (tertiary/aromatic N) is 2. The Morgan fingerprint density at radius 1 is 1.11 bits per heavy atom. The number of aryl methyl sites for hydroxylation is 1. The maximum atomic E-state index is 5.79. The van der Waals surface area contributed by atoms with Gasteiger partial charge in [-0.2, -0.15) is 0 Å². The standard InChI is InChI=1S/C19H18N6S2/c1-11-6-5-9-13(10-11)25-15(12-7-3-2-4-8-12)14-16(23-19(25)27)21-18(26)22-17(14)24-20/h2-10,15H,20H2,1H3,(H3,21,22,23,24,26,27). The fourth-order valence-electron chi connectivity index (χ4n) is 3.36. The lowest BCUT2D eigenvalue weighted by atomic mass is 9.95.